The van der Waals surface area contributed by atoms with Gasteiger partial charge in [-0.25, -0.2) is 9.18 Å². The van der Waals surface area contributed by atoms with Crippen molar-refractivity contribution in [2.45, 2.75) is 24.9 Å². The lowest BCUT2D eigenvalue weighted by Gasteiger charge is -2.07. The van der Waals surface area contributed by atoms with E-state index in [1.807, 2.05) is 18.2 Å². The first-order valence-electron chi connectivity index (χ1n) is 6.95. The van der Waals surface area contributed by atoms with E-state index in [2.05, 4.69) is 17.4 Å². The first-order chi connectivity index (χ1) is 10.1. The van der Waals surface area contributed by atoms with E-state index in [0.29, 0.717) is 24.1 Å². The van der Waals surface area contributed by atoms with Crippen LogP contribution in [0.4, 0.5) is 4.39 Å². The zero-order chi connectivity index (χ0) is 14.8. The van der Waals surface area contributed by atoms with Gasteiger partial charge in [-0.2, -0.15) is 0 Å². The van der Waals surface area contributed by atoms with Crippen molar-refractivity contribution >= 4 is 5.97 Å². The topological polar surface area (TPSA) is 49.3 Å². The molecule has 2 atom stereocenters. The second-order valence-electron chi connectivity index (χ2n) is 5.35. The molecule has 2 N–H and O–H groups in total. The quantitative estimate of drug-likeness (QED) is 0.887. The van der Waals surface area contributed by atoms with E-state index >= 15 is 0 Å². The molecule has 3 nitrogen and oxygen atoms in total. The maximum Gasteiger partial charge on any atom is 0.335 e. The minimum atomic E-state index is -1.04. The van der Waals surface area contributed by atoms with E-state index in [9.17, 15) is 9.18 Å². The molecule has 1 aliphatic carbocycles. The lowest BCUT2D eigenvalue weighted by atomic mass is 10.1. The number of rotatable bonds is 5. The molecule has 0 aliphatic heterocycles. The molecule has 0 bridgehead atoms. The highest BCUT2D eigenvalue weighted by Gasteiger charge is 2.37. The zero-order valence-electron chi connectivity index (χ0n) is 11.4. The number of nitrogens with one attached hydrogen (secondary N) is 1. The summed E-state index contributed by atoms with van der Waals surface area (Å²) < 4.78 is 13.7. The highest BCUT2D eigenvalue weighted by atomic mass is 19.1. The van der Waals surface area contributed by atoms with Gasteiger partial charge in [0.05, 0.1) is 5.56 Å². The van der Waals surface area contributed by atoms with Crippen LogP contribution in [0.3, 0.4) is 0 Å². The largest absolute Gasteiger partial charge is 0.478 e. The zero-order valence-corrected chi connectivity index (χ0v) is 11.4. The number of aromatic carboxylic acids is 1. The first-order valence-corrected chi connectivity index (χ1v) is 6.95. The lowest BCUT2D eigenvalue weighted by molar-refractivity contribution is 0.0696. The van der Waals surface area contributed by atoms with Gasteiger partial charge < -0.3 is 10.4 Å². The number of carboxylic acids is 1. The molecule has 1 saturated carbocycles. The number of hydrogen-bond donors (Lipinski definition) is 2. The third kappa shape index (κ3) is 3.11. The minimum absolute atomic E-state index is 0.114. The molecule has 0 saturated heterocycles. The predicted octanol–water partition coefficient (Wildman–Crippen LogP) is 3.17. The Labute approximate surface area is 122 Å². The van der Waals surface area contributed by atoms with E-state index in [4.69, 9.17) is 5.11 Å². The molecule has 0 spiro atoms. The number of hydrogen-bond acceptors (Lipinski definition) is 2. The summed E-state index contributed by atoms with van der Waals surface area (Å²) in [5.41, 5.74) is 1.80. The van der Waals surface area contributed by atoms with Crippen LogP contribution >= 0.6 is 0 Å². The number of carboxylic acid groups (broad SMARTS) is 1. The van der Waals surface area contributed by atoms with Gasteiger partial charge in [-0.15, -0.1) is 0 Å². The molecule has 3 rings (SSSR count). The highest BCUT2D eigenvalue weighted by Crippen LogP contribution is 2.40. The standard InChI is InChI=1S/C17H16FNO2/c18-15-7-6-12(17(20)21)8-13(15)10-19-16-9-14(16)11-4-2-1-3-5-11/h1-8,14,16,19H,9-10H2,(H,20,21). The van der Waals surface area contributed by atoms with E-state index in [1.165, 1.54) is 23.8 Å². The fourth-order valence-electron chi connectivity index (χ4n) is 2.57. The van der Waals surface area contributed by atoms with Gasteiger partial charge in [0.25, 0.3) is 0 Å². The molecule has 108 valence electrons. The Morgan fingerprint density at radius 1 is 1.24 bits per heavy atom. The summed E-state index contributed by atoms with van der Waals surface area (Å²) in [5.74, 6) is -0.939. The van der Waals surface area contributed by atoms with Crippen LogP contribution in [0.2, 0.25) is 0 Å². The summed E-state index contributed by atoms with van der Waals surface area (Å²) in [6.07, 6.45) is 1.03. The Morgan fingerprint density at radius 3 is 2.71 bits per heavy atom. The maximum atomic E-state index is 13.7. The summed E-state index contributed by atoms with van der Waals surface area (Å²) in [7, 11) is 0. The predicted molar refractivity (Wildman–Crippen MR) is 77.8 cm³/mol. The smallest absolute Gasteiger partial charge is 0.335 e. The van der Waals surface area contributed by atoms with Gasteiger partial charge >= 0.3 is 5.97 Å². The third-order valence-electron chi connectivity index (χ3n) is 3.87. The molecule has 4 heteroatoms. The summed E-state index contributed by atoms with van der Waals surface area (Å²) in [4.78, 5) is 10.9. The van der Waals surface area contributed by atoms with Crippen molar-refractivity contribution in [3.63, 3.8) is 0 Å². The summed E-state index contributed by atoms with van der Waals surface area (Å²) in [6.45, 7) is 0.348. The van der Waals surface area contributed by atoms with Crippen molar-refractivity contribution < 1.29 is 14.3 Å². The molecule has 0 amide bonds. The first kappa shape index (κ1) is 13.8. The summed E-state index contributed by atoms with van der Waals surface area (Å²) >= 11 is 0. The Kier molecular flexibility index (Phi) is 3.71. The Morgan fingerprint density at radius 2 is 2.00 bits per heavy atom. The van der Waals surface area contributed by atoms with Gasteiger partial charge in [-0.1, -0.05) is 30.3 Å². The molecule has 21 heavy (non-hydrogen) atoms. The number of carbonyl (C=O) groups is 1. The van der Waals surface area contributed by atoms with Crippen LogP contribution in [-0.2, 0) is 6.54 Å². The Bertz CT molecular complexity index is 657. The molecule has 0 aromatic heterocycles. The minimum Gasteiger partial charge on any atom is -0.478 e. The van der Waals surface area contributed by atoms with Crippen molar-refractivity contribution in [2.75, 3.05) is 0 Å². The van der Waals surface area contributed by atoms with Crippen LogP contribution in [-0.4, -0.2) is 17.1 Å². The van der Waals surface area contributed by atoms with Gasteiger partial charge in [0.1, 0.15) is 5.82 Å². The van der Waals surface area contributed by atoms with E-state index in [1.54, 1.807) is 0 Å². The van der Waals surface area contributed by atoms with Crippen LogP contribution < -0.4 is 5.32 Å². The molecule has 0 radical (unpaired) electrons. The molecule has 1 fully saturated rings. The van der Waals surface area contributed by atoms with Crippen LogP contribution in [0.25, 0.3) is 0 Å². The van der Waals surface area contributed by atoms with Gasteiger partial charge in [-0.3, -0.25) is 0 Å². The lowest BCUT2D eigenvalue weighted by Crippen LogP contribution is -2.18. The molecule has 2 aromatic rings. The van der Waals surface area contributed by atoms with Crippen LogP contribution in [0.1, 0.15) is 33.8 Å². The Balaban J connectivity index is 1.62. The molecular formula is C17H16FNO2. The maximum absolute atomic E-state index is 13.7. The number of halogens is 1. The molecule has 0 heterocycles. The molecular weight excluding hydrogens is 269 g/mol. The van der Waals surface area contributed by atoms with E-state index in [0.717, 1.165) is 6.42 Å². The van der Waals surface area contributed by atoms with E-state index in [-0.39, 0.29) is 11.4 Å². The van der Waals surface area contributed by atoms with Gasteiger partial charge in [0.15, 0.2) is 0 Å². The van der Waals surface area contributed by atoms with Crippen molar-refractivity contribution in [3.8, 4) is 0 Å². The van der Waals surface area contributed by atoms with Crippen molar-refractivity contribution in [1.82, 2.24) is 5.32 Å². The fourth-order valence-corrected chi connectivity index (χ4v) is 2.57. The average Bonchev–Trinajstić information content (AvgIpc) is 3.27. The van der Waals surface area contributed by atoms with Crippen LogP contribution in [0.15, 0.2) is 48.5 Å². The van der Waals surface area contributed by atoms with Crippen molar-refractivity contribution in [1.29, 1.82) is 0 Å². The Hall–Kier alpha value is -2.20. The van der Waals surface area contributed by atoms with E-state index < -0.39 is 5.97 Å². The SMILES string of the molecule is O=C(O)c1ccc(F)c(CNC2CC2c2ccccc2)c1. The fraction of sp³-hybridized carbons (Fsp3) is 0.235. The summed E-state index contributed by atoms with van der Waals surface area (Å²) in [5, 5.41) is 12.2. The van der Waals surface area contributed by atoms with Crippen molar-refractivity contribution in [2.24, 2.45) is 0 Å². The average molecular weight is 285 g/mol. The van der Waals surface area contributed by atoms with Crippen molar-refractivity contribution in [3.05, 3.63) is 71.0 Å². The van der Waals surface area contributed by atoms with Gasteiger partial charge in [0.2, 0.25) is 0 Å². The molecule has 2 aromatic carbocycles. The molecule has 1 aliphatic rings. The summed E-state index contributed by atoms with van der Waals surface area (Å²) in [6, 6.07) is 14.4. The second kappa shape index (κ2) is 5.66. The third-order valence-corrected chi connectivity index (χ3v) is 3.87. The van der Waals surface area contributed by atoms with Crippen LogP contribution in [0.5, 0.6) is 0 Å². The second-order valence-corrected chi connectivity index (χ2v) is 5.35. The van der Waals surface area contributed by atoms with Gasteiger partial charge in [-0.05, 0) is 30.2 Å². The number of benzene rings is 2. The highest BCUT2D eigenvalue weighted by molar-refractivity contribution is 5.87. The van der Waals surface area contributed by atoms with Crippen LogP contribution in [0, 0.1) is 5.82 Å². The molecule has 2 unspecified atom stereocenters. The van der Waals surface area contributed by atoms with Gasteiger partial charge in [0, 0.05) is 24.1 Å². The monoisotopic (exact) mass is 285 g/mol. The normalized spacial score (nSPS) is 20.2.